The number of piperidine rings is 1. The number of hydrogen-bond acceptors (Lipinski definition) is 3. The topological polar surface area (TPSA) is 32.7 Å². The van der Waals surface area contributed by atoms with Crippen molar-refractivity contribution < 1.29 is 23.0 Å². The average Bonchev–Trinajstić information content (AvgIpc) is 2.69. The molecule has 0 amide bonds. The van der Waals surface area contributed by atoms with E-state index in [0.717, 1.165) is 17.4 Å². The predicted octanol–water partition coefficient (Wildman–Crippen LogP) is 5.36. The number of aliphatic hydroxyl groups is 1. The summed E-state index contributed by atoms with van der Waals surface area (Å²) in [5.41, 5.74) is -0.956. The molecule has 1 aliphatic rings. The van der Waals surface area contributed by atoms with Gasteiger partial charge in [0.2, 0.25) is 0 Å². The van der Waals surface area contributed by atoms with Crippen LogP contribution in [0.1, 0.15) is 29.5 Å². The van der Waals surface area contributed by atoms with Crippen LogP contribution in [-0.2, 0) is 11.8 Å². The van der Waals surface area contributed by atoms with Crippen LogP contribution in [0.2, 0.25) is 5.02 Å². The number of ether oxygens (including phenoxy) is 1. The Morgan fingerprint density at radius 2 is 1.86 bits per heavy atom. The Labute approximate surface area is 173 Å². The Balaban J connectivity index is 1.63. The summed E-state index contributed by atoms with van der Waals surface area (Å²) < 4.78 is 44.7. The molecule has 7 heteroatoms. The molecule has 0 unspecified atom stereocenters. The molecule has 1 N–H and O–H groups in total. The molecule has 156 valence electrons. The third-order valence-corrected chi connectivity index (χ3v) is 5.62. The van der Waals surface area contributed by atoms with Gasteiger partial charge in [-0.2, -0.15) is 13.2 Å². The zero-order valence-corrected chi connectivity index (χ0v) is 16.8. The summed E-state index contributed by atoms with van der Waals surface area (Å²) in [5, 5.41) is 10.6. The van der Waals surface area contributed by atoms with Crippen LogP contribution in [0.15, 0.2) is 48.5 Å². The molecule has 29 heavy (non-hydrogen) atoms. The van der Waals surface area contributed by atoms with E-state index in [1.807, 2.05) is 36.4 Å². The van der Waals surface area contributed by atoms with E-state index in [-0.39, 0.29) is 10.6 Å². The van der Waals surface area contributed by atoms with Crippen molar-refractivity contribution in [2.75, 3.05) is 26.7 Å². The number of para-hydroxylation sites is 1. The number of hydrogen-bond donors (Lipinski definition) is 1. The van der Waals surface area contributed by atoms with Crippen molar-refractivity contribution in [2.24, 2.45) is 0 Å². The Hall–Kier alpha value is -2.02. The van der Waals surface area contributed by atoms with Gasteiger partial charge in [0.1, 0.15) is 5.75 Å². The van der Waals surface area contributed by atoms with E-state index in [4.69, 9.17) is 16.3 Å². The SMILES string of the molecule is COc1ccccc1/C=C\CN1CCC(O)(c2ccc(Cl)c(C(F)(F)F)c2)CC1. The minimum Gasteiger partial charge on any atom is -0.496 e. The lowest BCUT2D eigenvalue weighted by Gasteiger charge is -2.38. The third kappa shape index (κ3) is 5.13. The second kappa shape index (κ2) is 8.78. The maximum atomic E-state index is 13.1. The number of rotatable bonds is 5. The molecule has 0 atom stereocenters. The highest BCUT2D eigenvalue weighted by Gasteiger charge is 2.38. The predicted molar refractivity (Wildman–Crippen MR) is 108 cm³/mol. The fourth-order valence-corrected chi connectivity index (χ4v) is 3.78. The van der Waals surface area contributed by atoms with Gasteiger partial charge in [0.05, 0.1) is 23.3 Å². The van der Waals surface area contributed by atoms with E-state index in [2.05, 4.69) is 4.90 Å². The smallest absolute Gasteiger partial charge is 0.417 e. The lowest BCUT2D eigenvalue weighted by Crippen LogP contribution is -2.42. The lowest BCUT2D eigenvalue weighted by atomic mass is 9.83. The molecule has 0 bridgehead atoms. The second-order valence-corrected chi connectivity index (χ2v) is 7.58. The van der Waals surface area contributed by atoms with Gasteiger partial charge in [-0.1, -0.05) is 48.0 Å². The van der Waals surface area contributed by atoms with Crippen molar-refractivity contribution in [3.8, 4) is 5.75 Å². The van der Waals surface area contributed by atoms with E-state index in [1.165, 1.54) is 12.1 Å². The Kier molecular flexibility index (Phi) is 6.56. The van der Waals surface area contributed by atoms with Crippen LogP contribution < -0.4 is 4.74 Å². The highest BCUT2D eigenvalue weighted by molar-refractivity contribution is 6.31. The van der Waals surface area contributed by atoms with Crippen molar-refractivity contribution in [3.05, 3.63) is 70.3 Å². The second-order valence-electron chi connectivity index (χ2n) is 7.17. The first-order chi connectivity index (χ1) is 13.7. The maximum Gasteiger partial charge on any atom is 0.417 e. The molecule has 3 nitrogen and oxygen atoms in total. The zero-order chi connectivity index (χ0) is 21.1. The van der Waals surface area contributed by atoms with Gasteiger partial charge in [-0.05, 0) is 36.6 Å². The Bertz CT molecular complexity index is 875. The van der Waals surface area contributed by atoms with Gasteiger partial charge in [-0.15, -0.1) is 0 Å². The van der Waals surface area contributed by atoms with Gasteiger partial charge in [-0.3, -0.25) is 4.90 Å². The summed E-state index contributed by atoms with van der Waals surface area (Å²) in [6, 6.07) is 11.4. The first kappa shape index (κ1) is 21.7. The van der Waals surface area contributed by atoms with Crippen molar-refractivity contribution >= 4 is 17.7 Å². The number of halogens is 4. The fourth-order valence-electron chi connectivity index (χ4n) is 3.56. The van der Waals surface area contributed by atoms with Gasteiger partial charge >= 0.3 is 6.18 Å². The number of likely N-dealkylation sites (tertiary alicyclic amines) is 1. The third-order valence-electron chi connectivity index (χ3n) is 5.29. The molecule has 1 aliphatic heterocycles. The lowest BCUT2D eigenvalue weighted by molar-refractivity contribution is -0.137. The summed E-state index contributed by atoms with van der Waals surface area (Å²) in [6.45, 7) is 1.84. The molecule has 2 aromatic rings. The van der Waals surface area contributed by atoms with Crippen LogP contribution >= 0.6 is 11.6 Å². The van der Waals surface area contributed by atoms with Gasteiger partial charge < -0.3 is 9.84 Å². The van der Waals surface area contributed by atoms with Gasteiger partial charge in [0.25, 0.3) is 0 Å². The molecule has 1 heterocycles. The van der Waals surface area contributed by atoms with Crippen molar-refractivity contribution in [3.63, 3.8) is 0 Å². The summed E-state index contributed by atoms with van der Waals surface area (Å²) in [4.78, 5) is 2.15. The molecule has 2 aromatic carbocycles. The molecule has 0 aromatic heterocycles. The minimum atomic E-state index is -4.55. The van der Waals surface area contributed by atoms with E-state index >= 15 is 0 Å². The van der Waals surface area contributed by atoms with Crippen molar-refractivity contribution in [2.45, 2.75) is 24.6 Å². The summed E-state index contributed by atoms with van der Waals surface area (Å²) >= 11 is 5.69. The normalized spacial score (nSPS) is 17.6. The molecule has 0 radical (unpaired) electrons. The van der Waals surface area contributed by atoms with Crippen LogP contribution in [0.25, 0.3) is 6.08 Å². The van der Waals surface area contributed by atoms with Crippen LogP contribution in [0, 0.1) is 0 Å². The highest BCUT2D eigenvalue weighted by atomic mass is 35.5. The number of methoxy groups -OCH3 is 1. The van der Waals surface area contributed by atoms with Crippen LogP contribution in [0.4, 0.5) is 13.2 Å². The van der Waals surface area contributed by atoms with Crippen LogP contribution in [-0.4, -0.2) is 36.8 Å². The minimum absolute atomic E-state index is 0.262. The Morgan fingerprint density at radius 3 is 2.52 bits per heavy atom. The molecule has 3 rings (SSSR count). The summed E-state index contributed by atoms with van der Waals surface area (Å²) in [6.07, 6.45) is 0.164. The van der Waals surface area contributed by atoms with Gasteiger partial charge in [0, 0.05) is 25.2 Å². The summed E-state index contributed by atoms with van der Waals surface area (Å²) in [5.74, 6) is 0.792. The first-order valence-corrected chi connectivity index (χ1v) is 9.72. The fraction of sp³-hybridized carbons (Fsp3) is 0.364. The molecule has 0 aliphatic carbocycles. The monoisotopic (exact) mass is 425 g/mol. The Morgan fingerprint density at radius 1 is 1.17 bits per heavy atom. The van der Waals surface area contributed by atoms with E-state index in [0.29, 0.717) is 32.5 Å². The van der Waals surface area contributed by atoms with E-state index in [1.54, 1.807) is 7.11 Å². The van der Waals surface area contributed by atoms with Crippen LogP contribution in [0.3, 0.4) is 0 Å². The zero-order valence-electron chi connectivity index (χ0n) is 16.0. The molecule has 0 saturated carbocycles. The van der Waals surface area contributed by atoms with Crippen molar-refractivity contribution in [1.29, 1.82) is 0 Å². The average molecular weight is 426 g/mol. The van der Waals surface area contributed by atoms with Gasteiger partial charge in [0.15, 0.2) is 0 Å². The maximum absolute atomic E-state index is 13.1. The highest BCUT2D eigenvalue weighted by Crippen LogP contribution is 2.39. The van der Waals surface area contributed by atoms with Crippen LogP contribution in [0.5, 0.6) is 5.75 Å². The first-order valence-electron chi connectivity index (χ1n) is 9.34. The number of benzene rings is 2. The standard InChI is InChI=1S/C22H23ClF3NO2/c1-29-20-7-3-2-5-16(20)6-4-12-27-13-10-21(28,11-14-27)17-8-9-19(23)18(15-17)22(24,25)26/h2-9,15,28H,10-14H2,1H3/b6-4-. The molecular formula is C22H23ClF3NO2. The van der Waals surface area contributed by atoms with E-state index < -0.39 is 17.3 Å². The van der Waals surface area contributed by atoms with Crippen molar-refractivity contribution in [1.82, 2.24) is 4.90 Å². The molecule has 0 spiro atoms. The number of alkyl halides is 3. The van der Waals surface area contributed by atoms with E-state index in [9.17, 15) is 18.3 Å². The molecule has 1 saturated heterocycles. The molecular weight excluding hydrogens is 403 g/mol. The molecule has 1 fully saturated rings. The quantitative estimate of drug-likeness (QED) is 0.699. The number of nitrogens with zero attached hydrogens (tertiary/aromatic N) is 1. The van der Waals surface area contributed by atoms with Gasteiger partial charge in [-0.25, -0.2) is 0 Å². The summed E-state index contributed by atoms with van der Waals surface area (Å²) in [7, 11) is 1.62. The largest absolute Gasteiger partial charge is 0.496 e.